The van der Waals surface area contributed by atoms with Crippen molar-refractivity contribution < 1.29 is 23.9 Å². The van der Waals surface area contributed by atoms with Gasteiger partial charge in [0, 0.05) is 17.0 Å². The number of para-hydroxylation sites is 1. The lowest BCUT2D eigenvalue weighted by Crippen LogP contribution is -2.47. The number of imide groups is 1. The maximum atomic E-state index is 13.1. The van der Waals surface area contributed by atoms with E-state index >= 15 is 0 Å². The minimum atomic E-state index is -1.21. The van der Waals surface area contributed by atoms with Crippen LogP contribution in [0, 0.1) is 0 Å². The lowest BCUT2D eigenvalue weighted by molar-refractivity contribution is -0.149. The third kappa shape index (κ3) is 3.18. The van der Waals surface area contributed by atoms with Crippen molar-refractivity contribution in [1.82, 2.24) is 10.2 Å². The van der Waals surface area contributed by atoms with Crippen molar-refractivity contribution >= 4 is 29.5 Å². The third-order valence-corrected chi connectivity index (χ3v) is 5.11. The van der Waals surface area contributed by atoms with E-state index in [0.717, 1.165) is 10.5 Å². The molecule has 0 aromatic heterocycles. The summed E-state index contributed by atoms with van der Waals surface area (Å²) >= 11 is 5.82. The summed E-state index contributed by atoms with van der Waals surface area (Å²) in [7, 11) is 0. The van der Waals surface area contributed by atoms with Crippen LogP contribution in [-0.4, -0.2) is 36.0 Å². The number of nitrogens with one attached hydrogen (secondary N) is 1. The average Bonchev–Trinajstić information content (AvgIpc) is 2.93. The number of benzene rings is 2. The Morgan fingerprint density at radius 1 is 1.18 bits per heavy atom. The molecule has 28 heavy (non-hydrogen) atoms. The normalized spacial score (nSPS) is 20.5. The number of carbonyl (C=O) groups is 3. The van der Waals surface area contributed by atoms with Crippen LogP contribution in [0.3, 0.4) is 0 Å². The minimum Gasteiger partial charge on any atom is -0.493 e. The summed E-state index contributed by atoms with van der Waals surface area (Å²) in [6.07, 6.45) is 0.297. The number of fused-ring (bicyclic) bond motifs is 2. The maximum absolute atomic E-state index is 13.1. The van der Waals surface area contributed by atoms with Crippen LogP contribution in [0.2, 0.25) is 5.02 Å². The molecule has 1 fully saturated rings. The van der Waals surface area contributed by atoms with Crippen LogP contribution in [0.4, 0.5) is 4.79 Å². The average molecular weight is 401 g/mol. The summed E-state index contributed by atoms with van der Waals surface area (Å²) in [4.78, 5) is 38.6. The van der Waals surface area contributed by atoms with Crippen LogP contribution in [-0.2, 0) is 26.5 Å². The predicted molar refractivity (Wildman–Crippen MR) is 99.7 cm³/mol. The first kappa shape index (κ1) is 18.3. The van der Waals surface area contributed by atoms with Crippen LogP contribution in [0.15, 0.2) is 48.5 Å². The zero-order valence-electron chi connectivity index (χ0n) is 14.8. The van der Waals surface area contributed by atoms with Crippen LogP contribution in [0.25, 0.3) is 0 Å². The summed E-state index contributed by atoms with van der Waals surface area (Å²) in [5, 5.41) is 3.33. The third-order valence-electron chi connectivity index (χ3n) is 4.86. The van der Waals surface area contributed by atoms with Gasteiger partial charge in [0.15, 0.2) is 5.54 Å². The van der Waals surface area contributed by atoms with E-state index in [1.165, 1.54) is 0 Å². The topological polar surface area (TPSA) is 84.9 Å². The molecule has 0 unspecified atom stereocenters. The molecule has 2 aliphatic rings. The monoisotopic (exact) mass is 400 g/mol. The number of esters is 1. The van der Waals surface area contributed by atoms with Crippen molar-refractivity contribution in [1.29, 1.82) is 0 Å². The molecule has 3 amide bonds. The molecular weight excluding hydrogens is 384 g/mol. The quantitative estimate of drug-likeness (QED) is 0.630. The number of ether oxygens (including phenoxy) is 2. The highest BCUT2D eigenvalue weighted by molar-refractivity contribution is 6.30. The summed E-state index contributed by atoms with van der Waals surface area (Å²) in [6, 6.07) is 13.3. The van der Waals surface area contributed by atoms with Crippen LogP contribution < -0.4 is 10.1 Å². The standard InChI is InChI=1S/C20H17ClN2O5/c21-14-7-5-13(6-8-14)12-28-17(24)11-23-18(25)20(22-19(23)26)9-10-27-16-4-2-1-3-15(16)20/h1-8H,9-12H2,(H,22,26)/t20-/m0/s1. The second kappa shape index (κ2) is 7.16. The fraction of sp³-hybridized carbons (Fsp3) is 0.250. The molecular formula is C20H17ClN2O5. The Morgan fingerprint density at radius 2 is 1.93 bits per heavy atom. The number of urea groups is 1. The number of nitrogens with zero attached hydrogens (tertiary/aromatic N) is 1. The molecule has 0 radical (unpaired) electrons. The van der Waals surface area contributed by atoms with Crippen LogP contribution >= 0.6 is 11.6 Å². The Labute approximate surface area is 166 Å². The van der Waals surface area contributed by atoms with Crippen molar-refractivity contribution in [2.45, 2.75) is 18.6 Å². The first-order valence-corrected chi connectivity index (χ1v) is 9.14. The van der Waals surface area contributed by atoms with Gasteiger partial charge in [-0.1, -0.05) is 41.9 Å². The molecule has 0 aliphatic carbocycles. The Kier molecular flexibility index (Phi) is 4.68. The van der Waals surface area contributed by atoms with Gasteiger partial charge in [0.05, 0.1) is 6.61 Å². The van der Waals surface area contributed by atoms with Gasteiger partial charge in [-0.05, 0) is 23.8 Å². The van der Waals surface area contributed by atoms with E-state index < -0.39 is 30.0 Å². The second-order valence-corrected chi connectivity index (χ2v) is 7.04. The van der Waals surface area contributed by atoms with Crippen LogP contribution in [0.5, 0.6) is 5.75 Å². The number of rotatable bonds is 4. The molecule has 2 aliphatic heterocycles. The number of hydrogen-bond acceptors (Lipinski definition) is 5. The minimum absolute atomic E-state index is 0.0292. The van der Waals surface area contributed by atoms with Crippen molar-refractivity contribution in [2.24, 2.45) is 0 Å². The fourth-order valence-electron chi connectivity index (χ4n) is 3.43. The predicted octanol–water partition coefficient (Wildman–Crippen LogP) is 2.61. The van der Waals surface area contributed by atoms with Crippen molar-refractivity contribution in [3.05, 3.63) is 64.7 Å². The lowest BCUT2D eigenvalue weighted by atomic mass is 9.84. The second-order valence-electron chi connectivity index (χ2n) is 6.61. The number of hydrogen-bond donors (Lipinski definition) is 1. The van der Waals surface area contributed by atoms with Gasteiger partial charge < -0.3 is 14.8 Å². The number of amides is 3. The molecule has 2 heterocycles. The van der Waals surface area contributed by atoms with E-state index in [0.29, 0.717) is 22.8 Å². The van der Waals surface area contributed by atoms with Gasteiger partial charge in [-0.25, -0.2) is 4.79 Å². The molecule has 0 saturated carbocycles. The van der Waals surface area contributed by atoms with Gasteiger partial charge in [0.2, 0.25) is 0 Å². The Bertz CT molecular complexity index is 946. The Morgan fingerprint density at radius 3 is 2.71 bits per heavy atom. The molecule has 4 rings (SSSR count). The molecule has 7 nitrogen and oxygen atoms in total. The summed E-state index contributed by atoms with van der Waals surface area (Å²) in [5.74, 6) is -0.595. The first-order chi connectivity index (χ1) is 13.5. The van der Waals surface area contributed by atoms with E-state index in [2.05, 4.69) is 5.32 Å². The summed E-state index contributed by atoms with van der Waals surface area (Å²) in [5.41, 5.74) is 0.143. The molecule has 1 atom stereocenters. The zero-order chi connectivity index (χ0) is 19.7. The largest absolute Gasteiger partial charge is 0.493 e. The first-order valence-electron chi connectivity index (χ1n) is 8.76. The number of carbonyl (C=O) groups excluding carboxylic acids is 3. The zero-order valence-corrected chi connectivity index (χ0v) is 15.6. The molecule has 1 saturated heterocycles. The fourth-order valence-corrected chi connectivity index (χ4v) is 3.56. The molecule has 2 aromatic rings. The number of halogens is 1. The van der Waals surface area contributed by atoms with E-state index in [-0.39, 0.29) is 13.2 Å². The summed E-state index contributed by atoms with van der Waals surface area (Å²) < 4.78 is 10.8. The van der Waals surface area contributed by atoms with Crippen molar-refractivity contribution in [3.63, 3.8) is 0 Å². The molecule has 144 valence electrons. The van der Waals surface area contributed by atoms with Gasteiger partial charge in [0.1, 0.15) is 18.9 Å². The maximum Gasteiger partial charge on any atom is 0.326 e. The lowest BCUT2D eigenvalue weighted by Gasteiger charge is -2.33. The highest BCUT2D eigenvalue weighted by Gasteiger charge is 2.55. The van der Waals surface area contributed by atoms with E-state index in [1.54, 1.807) is 48.5 Å². The summed E-state index contributed by atoms with van der Waals surface area (Å²) in [6.45, 7) is -0.137. The highest BCUT2D eigenvalue weighted by atomic mass is 35.5. The van der Waals surface area contributed by atoms with E-state index in [4.69, 9.17) is 21.1 Å². The van der Waals surface area contributed by atoms with Gasteiger partial charge in [-0.15, -0.1) is 0 Å². The highest BCUT2D eigenvalue weighted by Crippen LogP contribution is 2.40. The Hall–Kier alpha value is -3.06. The van der Waals surface area contributed by atoms with E-state index in [9.17, 15) is 14.4 Å². The molecule has 1 N–H and O–H groups in total. The van der Waals surface area contributed by atoms with E-state index in [1.807, 2.05) is 0 Å². The smallest absolute Gasteiger partial charge is 0.326 e. The molecule has 0 bridgehead atoms. The van der Waals surface area contributed by atoms with Gasteiger partial charge >= 0.3 is 12.0 Å². The van der Waals surface area contributed by atoms with Crippen molar-refractivity contribution in [3.8, 4) is 5.75 Å². The molecule has 1 spiro atoms. The van der Waals surface area contributed by atoms with Gasteiger partial charge in [0.25, 0.3) is 5.91 Å². The molecule has 8 heteroatoms. The van der Waals surface area contributed by atoms with Crippen LogP contribution in [0.1, 0.15) is 17.5 Å². The van der Waals surface area contributed by atoms with Gasteiger partial charge in [-0.2, -0.15) is 0 Å². The van der Waals surface area contributed by atoms with Crippen molar-refractivity contribution in [2.75, 3.05) is 13.2 Å². The molecule has 2 aromatic carbocycles. The van der Waals surface area contributed by atoms with Gasteiger partial charge in [-0.3, -0.25) is 14.5 Å². The Balaban J connectivity index is 1.46. The SMILES string of the molecule is O=C(CN1C(=O)N[C@]2(CCOc3ccccc32)C1=O)OCc1ccc(Cl)cc1.